The fraction of sp³-hybridized carbons (Fsp3) is 0.368. The maximum absolute atomic E-state index is 10.6. The summed E-state index contributed by atoms with van der Waals surface area (Å²) in [7, 11) is 0. The lowest BCUT2D eigenvalue weighted by atomic mass is 10.2. The fourth-order valence-corrected chi connectivity index (χ4v) is 4.37. The van der Waals surface area contributed by atoms with Crippen LogP contribution in [0.5, 0.6) is 0 Å². The zero-order chi connectivity index (χ0) is 17.5. The maximum Gasteiger partial charge on any atom is 0.0809 e. The number of aliphatic hydroxyl groups excluding tert-OH is 1. The maximum atomic E-state index is 10.6. The van der Waals surface area contributed by atoms with E-state index in [1.165, 1.54) is 10.8 Å². The van der Waals surface area contributed by atoms with Crippen molar-refractivity contribution in [3.05, 3.63) is 45.3 Å². The SMILES string of the molecule is CC(C)(C)SC[C@@H](O)Cn1c2ccc(Br)cc2c2cc(Br)ccc21. The molecular weight excluding hydrogens is 450 g/mol. The number of thioether (sulfide) groups is 1. The Kier molecular flexibility index (Phi) is 5.36. The molecule has 0 spiro atoms. The van der Waals surface area contributed by atoms with E-state index in [-0.39, 0.29) is 10.9 Å². The molecule has 1 atom stereocenters. The van der Waals surface area contributed by atoms with E-state index >= 15 is 0 Å². The van der Waals surface area contributed by atoms with Gasteiger partial charge in [-0.3, -0.25) is 0 Å². The summed E-state index contributed by atoms with van der Waals surface area (Å²) >= 11 is 8.94. The number of aromatic nitrogens is 1. The lowest BCUT2D eigenvalue weighted by molar-refractivity contribution is 0.181. The molecule has 0 radical (unpaired) electrons. The predicted octanol–water partition coefficient (Wildman–Crippen LogP) is 6.21. The second kappa shape index (κ2) is 7.02. The van der Waals surface area contributed by atoms with Gasteiger partial charge in [0.05, 0.1) is 6.10 Å². The van der Waals surface area contributed by atoms with E-state index in [2.05, 4.69) is 93.6 Å². The molecule has 0 saturated carbocycles. The topological polar surface area (TPSA) is 25.2 Å². The molecule has 24 heavy (non-hydrogen) atoms. The summed E-state index contributed by atoms with van der Waals surface area (Å²) in [5, 5.41) is 13.0. The first-order valence-electron chi connectivity index (χ1n) is 7.93. The molecule has 0 aliphatic rings. The molecular formula is C19H21Br2NOS. The molecule has 0 bridgehead atoms. The van der Waals surface area contributed by atoms with E-state index in [0.717, 1.165) is 25.7 Å². The van der Waals surface area contributed by atoms with Gasteiger partial charge in [0.25, 0.3) is 0 Å². The molecule has 0 aliphatic carbocycles. The van der Waals surface area contributed by atoms with Gasteiger partial charge in [-0.05, 0) is 36.4 Å². The molecule has 0 unspecified atom stereocenters. The van der Waals surface area contributed by atoms with Crippen LogP contribution in [0.4, 0.5) is 0 Å². The largest absolute Gasteiger partial charge is 0.390 e. The summed E-state index contributed by atoms with van der Waals surface area (Å²) in [6, 6.07) is 12.7. The molecule has 3 rings (SSSR count). The third-order valence-corrected chi connectivity index (χ3v) is 6.29. The number of rotatable bonds is 4. The van der Waals surface area contributed by atoms with Gasteiger partial charge in [-0.1, -0.05) is 52.6 Å². The third-order valence-electron chi connectivity index (χ3n) is 3.89. The highest BCUT2D eigenvalue weighted by atomic mass is 79.9. The van der Waals surface area contributed by atoms with Gasteiger partial charge in [-0.25, -0.2) is 0 Å². The van der Waals surface area contributed by atoms with Crippen molar-refractivity contribution < 1.29 is 5.11 Å². The number of benzene rings is 2. The summed E-state index contributed by atoms with van der Waals surface area (Å²) in [6.07, 6.45) is -0.375. The Bertz CT molecular complexity index is 823. The van der Waals surface area contributed by atoms with E-state index in [0.29, 0.717) is 6.54 Å². The summed E-state index contributed by atoms with van der Waals surface area (Å²) in [5.74, 6) is 0.734. The standard InChI is InChI=1S/C19H21Br2NOS/c1-19(2,3)24-11-14(23)10-22-17-6-4-12(20)8-15(17)16-9-13(21)5-7-18(16)22/h4-9,14,23H,10-11H2,1-3H3/t14-/m0/s1. The number of nitrogens with zero attached hydrogens (tertiary/aromatic N) is 1. The Morgan fingerprint density at radius 2 is 1.50 bits per heavy atom. The van der Waals surface area contributed by atoms with Gasteiger partial charge in [0.1, 0.15) is 0 Å². The van der Waals surface area contributed by atoms with Gasteiger partial charge in [0.2, 0.25) is 0 Å². The normalized spacial score (nSPS) is 13.8. The van der Waals surface area contributed by atoms with Gasteiger partial charge in [-0.15, -0.1) is 0 Å². The van der Waals surface area contributed by atoms with Crippen LogP contribution in [0.1, 0.15) is 20.8 Å². The lowest BCUT2D eigenvalue weighted by Crippen LogP contribution is -2.21. The van der Waals surface area contributed by atoms with Crippen molar-refractivity contribution in [1.82, 2.24) is 4.57 Å². The fourth-order valence-electron chi connectivity index (χ4n) is 2.85. The van der Waals surface area contributed by atoms with Gasteiger partial charge >= 0.3 is 0 Å². The first kappa shape index (κ1) is 18.3. The number of hydrogen-bond acceptors (Lipinski definition) is 2. The van der Waals surface area contributed by atoms with Crippen LogP contribution in [0.2, 0.25) is 0 Å². The van der Waals surface area contributed by atoms with Gasteiger partial charge < -0.3 is 9.67 Å². The van der Waals surface area contributed by atoms with Crippen LogP contribution in [-0.2, 0) is 6.54 Å². The van der Waals surface area contributed by atoms with E-state index in [1.807, 2.05) is 0 Å². The van der Waals surface area contributed by atoms with E-state index in [1.54, 1.807) is 11.8 Å². The average Bonchev–Trinajstić information content (AvgIpc) is 2.78. The first-order chi connectivity index (χ1) is 11.2. The zero-order valence-electron chi connectivity index (χ0n) is 14.0. The van der Waals surface area contributed by atoms with Crippen molar-refractivity contribution >= 4 is 65.4 Å². The second-order valence-electron chi connectivity index (χ2n) is 7.01. The molecule has 2 aromatic carbocycles. The molecule has 0 saturated heterocycles. The number of halogens is 2. The molecule has 3 aromatic rings. The lowest BCUT2D eigenvalue weighted by Gasteiger charge is -2.21. The Labute approximate surface area is 163 Å². The highest BCUT2D eigenvalue weighted by Crippen LogP contribution is 2.33. The van der Waals surface area contributed by atoms with Crippen LogP contribution in [0, 0.1) is 0 Å². The first-order valence-corrected chi connectivity index (χ1v) is 10.5. The molecule has 128 valence electrons. The van der Waals surface area contributed by atoms with E-state index in [9.17, 15) is 5.11 Å². The Morgan fingerprint density at radius 1 is 1.00 bits per heavy atom. The summed E-state index contributed by atoms with van der Waals surface area (Å²) in [4.78, 5) is 0. The summed E-state index contributed by atoms with van der Waals surface area (Å²) in [6.45, 7) is 7.14. The number of hydrogen-bond donors (Lipinski definition) is 1. The van der Waals surface area contributed by atoms with Crippen molar-refractivity contribution in [3.8, 4) is 0 Å². The second-order valence-corrected chi connectivity index (χ2v) is 10.7. The van der Waals surface area contributed by atoms with Crippen molar-refractivity contribution in [1.29, 1.82) is 0 Å². The zero-order valence-corrected chi connectivity index (χ0v) is 18.0. The quantitative estimate of drug-likeness (QED) is 0.490. The molecule has 0 fully saturated rings. The van der Waals surface area contributed by atoms with Crippen molar-refractivity contribution in [2.45, 2.75) is 38.2 Å². The average molecular weight is 471 g/mol. The van der Waals surface area contributed by atoms with Crippen molar-refractivity contribution in [2.75, 3.05) is 5.75 Å². The van der Waals surface area contributed by atoms with E-state index < -0.39 is 0 Å². The predicted molar refractivity (Wildman–Crippen MR) is 113 cm³/mol. The van der Waals surface area contributed by atoms with Gasteiger partial charge in [0.15, 0.2) is 0 Å². The third kappa shape index (κ3) is 4.01. The van der Waals surface area contributed by atoms with E-state index in [4.69, 9.17) is 0 Å². The van der Waals surface area contributed by atoms with Gasteiger partial charge in [-0.2, -0.15) is 11.8 Å². The van der Waals surface area contributed by atoms with Crippen LogP contribution in [-0.4, -0.2) is 26.3 Å². The molecule has 1 heterocycles. The van der Waals surface area contributed by atoms with Crippen LogP contribution in [0.15, 0.2) is 45.3 Å². The Morgan fingerprint density at radius 3 is 1.96 bits per heavy atom. The smallest absolute Gasteiger partial charge is 0.0809 e. The molecule has 1 N–H and O–H groups in total. The number of aliphatic hydroxyl groups is 1. The van der Waals surface area contributed by atoms with Crippen LogP contribution >= 0.6 is 43.6 Å². The van der Waals surface area contributed by atoms with Crippen LogP contribution < -0.4 is 0 Å². The molecule has 0 amide bonds. The van der Waals surface area contributed by atoms with Gasteiger partial charge in [0, 0.05) is 47.8 Å². The Hall–Kier alpha value is -0.490. The van der Waals surface area contributed by atoms with Crippen molar-refractivity contribution in [3.63, 3.8) is 0 Å². The summed E-state index contributed by atoms with van der Waals surface area (Å²) < 4.78 is 4.53. The van der Waals surface area contributed by atoms with Crippen LogP contribution in [0.25, 0.3) is 21.8 Å². The minimum Gasteiger partial charge on any atom is -0.390 e. The Balaban J connectivity index is 2.02. The molecule has 2 nitrogen and oxygen atoms in total. The van der Waals surface area contributed by atoms with Crippen molar-refractivity contribution in [2.24, 2.45) is 0 Å². The molecule has 0 aliphatic heterocycles. The highest BCUT2D eigenvalue weighted by molar-refractivity contribution is 9.10. The monoisotopic (exact) mass is 469 g/mol. The van der Waals surface area contributed by atoms with Crippen LogP contribution in [0.3, 0.4) is 0 Å². The summed E-state index contributed by atoms with van der Waals surface area (Å²) in [5.41, 5.74) is 2.32. The minimum absolute atomic E-state index is 0.164. The molecule has 1 aromatic heterocycles. The molecule has 5 heteroatoms. The minimum atomic E-state index is -0.375. The highest BCUT2D eigenvalue weighted by Gasteiger charge is 2.17. The number of fused-ring (bicyclic) bond motifs is 3.